The lowest BCUT2D eigenvalue weighted by Gasteiger charge is -2.01. The molecule has 0 aromatic rings. The first kappa shape index (κ1) is 10.8. The van der Waals surface area contributed by atoms with E-state index < -0.39 is 25.1 Å². The zero-order chi connectivity index (χ0) is 10.1. The smallest absolute Gasteiger partial charge is 0.229 e. The molecule has 0 amide bonds. The normalized spacial score (nSPS) is 26.6. The number of sulfonamides is 1. The van der Waals surface area contributed by atoms with E-state index in [2.05, 4.69) is 16.6 Å². The van der Waals surface area contributed by atoms with E-state index in [9.17, 15) is 16.8 Å². The van der Waals surface area contributed by atoms with Crippen molar-refractivity contribution >= 4 is 37.2 Å². The lowest BCUT2D eigenvalue weighted by Crippen LogP contribution is -2.20. The number of hydrogen-bond donors (Lipinski definition) is 0. The second-order valence-electron chi connectivity index (χ2n) is 2.72. The Morgan fingerprint density at radius 2 is 2.08 bits per heavy atom. The van der Waals surface area contributed by atoms with Gasteiger partial charge in [0.2, 0.25) is 0 Å². The van der Waals surface area contributed by atoms with Crippen LogP contribution in [0.4, 0.5) is 0 Å². The molecular weight excluding hydrogens is 234 g/mol. The zero-order valence-electron chi connectivity index (χ0n) is 6.50. The van der Waals surface area contributed by atoms with Gasteiger partial charge in [0.1, 0.15) is 0 Å². The van der Waals surface area contributed by atoms with E-state index in [1.807, 2.05) is 0 Å². The van der Waals surface area contributed by atoms with Crippen LogP contribution in [0.25, 0.3) is 0 Å². The van der Waals surface area contributed by atoms with Gasteiger partial charge in [-0.05, 0) is 18.6 Å². The van der Waals surface area contributed by atoms with Crippen LogP contribution >= 0.6 is 12.2 Å². The van der Waals surface area contributed by atoms with Crippen LogP contribution < -0.4 is 0 Å². The van der Waals surface area contributed by atoms with Crippen LogP contribution in [0.5, 0.6) is 0 Å². The van der Waals surface area contributed by atoms with Crippen LogP contribution in [0.3, 0.4) is 0 Å². The second-order valence-corrected chi connectivity index (χ2v) is 7.01. The van der Waals surface area contributed by atoms with E-state index in [0.717, 1.165) is 0 Å². The molecule has 0 aromatic heterocycles. The minimum Gasteiger partial charge on any atom is -0.229 e. The minimum absolute atomic E-state index is 0.0934. The molecular formula is C5H7NO4S3. The molecule has 1 aliphatic heterocycles. The average molecular weight is 241 g/mol. The molecule has 1 rings (SSSR count). The van der Waals surface area contributed by atoms with Crippen LogP contribution in [0.2, 0.25) is 0 Å². The molecule has 8 heteroatoms. The topological polar surface area (TPSA) is 80.6 Å². The first-order valence-corrected chi connectivity index (χ1v) is 7.14. The summed E-state index contributed by atoms with van der Waals surface area (Å²) in [6.07, 6.45) is 0.102. The summed E-state index contributed by atoms with van der Waals surface area (Å²) in [5.41, 5.74) is 0. The summed E-state index contributed by atoms with van der Waals surface area (Å²) >= 11 is 4.15. The lowest BCUT2D eigenvalue weighted by atomic mass is 10.4. The molecule has 0 aliphatic carbocycles. The van der Waals surface area contributed by atoms with E-state index in [1.54, 1.807) is 5.16 Å². The number of thiocarbonyl (C=S) groups is 1. The molecule has 0 saturated carbocycles. The van der Waals surface area contributed by atoms with Gasteiger partial charge in [-0.3, -0.25) is 0 Å². The number of hydrogen-bond acceptors (Lipinski definition) is 5. The molecule has 0 spiro atoms. The predicted octanol–water partition coefficient (Wildman–Crippen LogP) is -0.394. The molecule has 1 saturated heterocycles. The molecule has 74 valence electrons. The minimum atomic E-state index is -3.75. The van der Waals surface area contributed by atoms with Gasteiger partial charge in [-0.1, -0.05) is 0 Å². The molecule has 1 heterocycles. The van der Waals surface area contributed by atoms with Crippen molar-refractivity contribution in [3.05, 3.63) is 0 Å². The van der Waals surface area contributed by atoms with Gasteiger partial charge in [-0.2, -0.15) is 0 Å². The maximum absolute atomic E-state index is 11.2. The summed E-state index contributed by atoms with van der Waals surface area (Å²) in [7, 11) is -6.95. The van der Waals surface area contributed by atoms with Crippen molar-refractivity contribution in [2.45, 2.75) is 11.7 Å². The number of nitrogens with zero attached hydrogens (tertiary/aromatic N) is 1. The maximum Gasteiger partial charge on any atom is 0.265 e. The Morgan fingerprint density at radius 3 is 2.46 bits per heavy atom. The molecule has 1 fully saturated rings. The molecule has 1 atom stereocenters. The van der Waals surface area contributed by atoms with Gasteiger partial charge in [0.05, 0.1) is 21.9 Å². The Kier molecular flexibility index (Phi) is 2.86. The molecule has 5 nitrogen and oxygen atoms in total. The second kappa shape index (κ2) is 3.45. The van der Waals surface area contributed by atoms with Crippen LogP contribution in [-0.4, -0.2) is 38.8 Å². The van der Waals surface area contributed by atoms with Crippen LogP contribution in [0, 0.1) is 0 Å². The fourth-order valence-corrected chi connectivity index (χ4v) is 5.11. The highest BCUT2D eigenvalue weighted by molar-refractivity contribution is 7.96. The summed E-state index contributed by atoms with van der Waals surface area (Å²) in [4.78, 5) is 0. The third-order valence-corrected chi connectivity index (χ3v) is 5.55. The molecule has 0 aromatic carbocycles. The molecule has 0 bridgehead atoms. The fraction of sp³-hybridized carbons (Fsp3) is 0.800. The fourth-order valence-electron chi connectivity index (χ4n) is 1.12. The third kappa shape index (κ3) is 2.57. The van der Waals surface area contributed by atoms with Gasteiger partial charge in [-0.15, -0.1) is 4.40 Å². The van der Waals surface area contributed by atoms with Crippen molar-refractivity contribution in [2.75, 3.05) is 11.5 Å². The quantitative estimate of drug-likeness (QED) is 0.485. The van der Waals surface area contributed by atoms with Gasteiger partial charge in [0, 0.05) is 0 Å². The highest BCUT2D eigenvalue weighted by Crippen LogP contribution is 2.19. The average Bonchev–Trinajstić information content (AvgIpc) is 2.30. The van der Waals surface area contributed by atoms with Gasteiger partial charge >= 0.3 is 0 Å². The Bertz CT molecular complexity index is 442. The monoisotopic (exact) mass is 241 g/mol. The van der Waals surface area contributed by atoms with Crippen molar-refractivity contribution < 1.29 is 16.8 Å². The standard InChI is InChI=1S/C5H7NO4S3/c7-12(8)2-1-5(3-12)13(9,10)6-4-11/h5H,1-3H2/t5-/m1/s1. The first-order chi connectivity index (χ1) is 5.87. The third-order valence-electron chi connectivity index (χ3n) is 1.78. The van der Waals surface area contributed by atoms with Crippen molar-refractivity contribution in [1.82, 2.24) is 0 Å². The van der Waals surface area contributed by atoms with Crippen molar-refractivity contribution in [3.8, 4) is 0 Å². The van der Waals surface area contributed by atoms with Gasteiger partial charge in [0.25, 0.3) is 10.0 Å². The molecule has 0 N–H and O–H groups in total. The summed E-state index contributed by atoms with van der Waals surface area (Å²) in [6, 6.07) is 0. The summed E-state index contributed by atoms with van der Waals surface area (Å²) in [6.45, 7) is 0. The van der Waals surface area contributed by atoms with Crippen molar-refractivity contribution in [2.24, 2.45) is 4.40 Å². The molecule has 1 aliphatic rings. The molecule has 13 heavy (non-hydrogen) atoms. The predicted molar refractivity (Wildman–Crippen MR) is 51.0 cm³/mol. The van der Waals surface area contributed by atoms with Crippen LogP contribution in [0.1, 0.15) is 6.42 Å². The van der Waals surface area contributed by atoms with Crippen molar-refractivity contribution in [1.29, 1.82) is 0 Å². The molecule has 0 unspecified atom stereocenters. The van der Waals surface area contributed by atoms with E-state index in [-0.39, 0.29) is 17.9 Å². The Balaban J connectivity index is 2.96. The number of isothiocyanates is 1. The lowest BCUT2D eigenvalue weighted by molar-refractivity contribution is 0.584. The Hall–Kier alpha value is -0.300. The highest BCUT2D eigenvalue weighted by Gasteiger charge is 2.36. The van der Waals surface area contributed by atoms with E-state index in [1.165, 1.54) is 0 Å². The highest BCUT2D eigenvalue weighted by atomic mass is 32.2. The van der Waals surface area contributed by atoms with E-state index >= 15 is 0 Å². The largest absolute Gasteiger partial charge is 0.265 e. The van der Waals surface area contributed by atoms with Crippen molar-refractivity contribution in [3.63, 3.8) is 0 Å². The van der Waals surface area contributed by atoms with E-state index in [0.29, 0.717) is 0 Å². The Morgan fingerprint density at radius 1 is 1.46 bits per heavy atom. The summed E-state index contributed by atoms with van der Waals surface area (Å²) < 4.78 is 47.2. The molecule has 0 radical (unpaired) electrons. The summed E-state index contributed by atoms with van der Waals surface area (Å²) in [5.74, 6) is -0.445. The number of rotatable bonds is 2. The first-order valence-electron chi connectivity index (χ1n) is 3.41. The van der Waals surface area contributed by atoms with Gasteiger partial charge in [0.15, 0.2) is 9.84 Å². The summed E-state index contributed by atoms with van der Waals surface area (Å²) in [5, 5.41) is 0.801. The van der Waals surface area contributed by atoms with Crippen LogP contribution in [-0.2, 0) is 19.9 Å². The van der Waals surface area contributed by atoms with Gasteiger partial charge < -0.3 is 0 Å². The maximum atomic E-state index is 11.2. The Labute approximate surface area is 81.8 Å². The van der Waals surface area contributed by atoms with E-state index in [4.69, 9.17) is 0 Å². The van der Waals surface area contributed by atoms with Crippen LogP contribution in [0.15, 0.2) is 4.40 Å². The zero-order valence-corrected chi connectivity index (χ0v) is 8.95. The SMILES string of the molecule is O=S1(=O)CC[C@@H](S(=O)(=O)N=C=S)C1. The van der Waals surface area contributed by atoms with Gasteiger partial charge in [-0.25, -0.2) is 16.8 Å². The number of sulfone groups is 1.